The van der Waals surface area contributed by atoms with E-state index in [1.807, 2.05) is 0 Å². The Morgan fingerprint density at radius 1 is 1.10 bits per heavy atom. The first-order valence-corrected chi connectivity index (χ1v) is 6.12. The van der Waals surface area contributed by atoms with Crippen molar-refractivity contribution in [3.63, 3.8) is 0 Å². The van der Waals surface area contributed by atoms with E-state index in [4.69, 9.17) is 4.74 Å². The van der Waals surface area contributed by atoms with Gasteiger partial charge in [0.05, 0.1) is 12.7 Å². The summed E-state index contributed by atoms with van der Waals surface area (Å²) in [5, 5.41) is 28.1. The Morgan fingerprint density at radius 3 is 2.33 bits per heavy atom. The third-order valence-corrected chi connectivity index (χ3v) is 2.92. The average Bonchev–Trinajstić information content (AvgIpc) is 2.47. The Kier molecular flexibility index (Phi) is 4.13. The smallest absolute Gasteiger partial charge is 0.336 e. The summed E-state index contributed by atoms with van der Waals surface area (Å²) < 4.78 is 4.99. The van der Waals surface area contributed by atoms with Crippen molar-refractivity contribution in [2.75, 3.05) is 7.11 Å². The molecule has 2 aromatic carbocycles. The van der Waals surface area contributed by atoms with E-state index in [1.165, 1.54) is 43.5 Å². The Hall–Kier alpha value is -2.95. The van der Waals surface area contributed by atoms with E-state index in [0.717, 1.165) is 0 Å². The van der Waals surface area contributed by atoms with Crippen molar-refractivity contribution in [2.24, 2.45) is 0 Å². The normalized spacial score (nSPS) is 11.2. The highest BCUT2D eigenvalue weighted by molar-refractivity contribution is 6.20. The summed E-state index contributed by atoms with van der Waals surface area (Å²) >= 11 is 0. The van der Waals surface area contributed by atoms with Crippen LogP contribution in [0.1, 0.15) is 11.1 Å². The third kappa shape index (κ3) is 3.33. The van der Waals surface area contributed by atoms with Crippen molar-refractivity contribution in [2.45, 2.75) is 0 Å². The molecule has 0 radical (unpaired) electrons. The minimum atomic E-state index is -1.09. The van der Waals surface area contributed by atoms with Crippen LogP contribution in [-0.4, -0.2) is 28.4 Å². The van der Waals surface area contributed by atoms with Gasteiger partial charge in [0.15, 0.2) is 11.5 Å². The Balaban J connectivity index is 2.47. The molecule has 0 saturated heterocycles. The van der Waals surface area contributed by atoms with Crippen molar-refractivity contribution in [3.05, 3.63) is 53.6 Å². The van der Waals surface area contributed by atoms with E-state index < -0.39 is 5.97 Å². The first kappa shape index (κ1) is 14.5. The van der Waals surface area contributed by atoms with Gasteiger partial charge in [-0.25, -0.2) is 4.79 Å². The largest absolute Gasteiger partial charge is 0.508 e. The van der Waals surface area contributed by atoms with Crippen molar-refractivity contribution < 1.29 is 24.9 Å². The van der Waals surface area contributed by atoms with Gasteiger partial charge in [-0.2, -0.15) is 0 Å². The number of hydrogen-bond donors (Lipinski definition) is 3. The van der Waals surface area contributed by atoms with Crippen LogP contribution >= 0.6 is 0 Å². The van der Waals surface area contributed by atoms with Gasteiger partial charge in [0.2, 0.25) is 0 Å². The molecule has 5 heteroatoms. The van der Waals surface area contributed by atoms with E-state index in [2.05, 4.69) is 0 Å². The van der Waals surface area contributed by atoms with Crippen LogP contribution in [0.5, 0.6) is 17.2 Å². The van der Waals surface area contributed by atoms with Gasteiger partial charge < -0.3 is 20.1 Å². The maximum absolute atomic E-state index is 11.4. The summed E-state index contributed by atoms with van der Waals surface area (Å²) in [7, 11) is 1.42. The minimum absolute atomic E-state index is 0.0174. The molecule has 2 rings (SSSR count). The zero-order chi connectivity index (χ0) is 15.4. The summed E-state index contributed by atoms with van der Waals surface area (Å²) in [5.74, 6) is -0.780. The number of aliphatic carboxylic acids is 1. The molecule has 0 bridgehead atoms. The van der Waals surface area contributed by atoms with Gasteiger partial charge in [-0.1, -0.05) is 18.2 Å². The molecule has 0 heterocycles. The lowest BCUT2D eigenvalue weighted by Crippen LogP contribution is -1.99. The van der Waals surface area contributed by atoms with Gasteiger partial charge in [-0.3, -0.25) is 0 Å². The molecule has 0 aliphatic rings. The lowest BCUT2D eigenvalue weighted by atomic mass is 10.0. The fraction of sp³-hybridized carbons (Fsp3) is 0.0625. The molecule has 3 N–H and O–H groups in total. The van der Waals surface area contributed by atoms with Crippen molar-refractivity contribution >= 4 is 17.6 Å². The Morgan fingerprint density at radius 2 is 1.76 bits per heavy atom. The van der Waals surface area contributed by atoms with E-state index in [9.17, 15) is 20.1 Å². The maximum atomic E-state index is 11.4. The van der Waals surface area contributed by atoms with Crippen LogP contribution in [0.25, 0.3) is 11.6 Å². The van der Waals surface area contributed by atoms with Crippen LogP contribution in [0.2, 0.25) is 0 Å². The van der Waals surface area contributed by atoms with E-state index in [1.54, 1.807) is 12.1 Å². The molecule has 0 spiro atoms. The molecule has 0 amide bonds. The SMILES string of the molecule is COc1cc(/C=C(/C(=O)O)c2ccc(O)cc2)ccc1O. The number of carboxylic acid groups (broad SMARTS) is 1. The molecule has 0 aromatic heterocycles. The number of aromatic hydroxyl groups is 2. The third-order valence-electron chi connectivity index (χ3n) is 2.92. The average molecular weight is 286 g/mol. The van der Waals surface area contributed by atoms with Crippen LogP contribution in [0, 0.1) is 0 Å². The van der Waals surface area contributed by atoms with Gasteiger partial charge in [0, 0.05) is 0 Å². The van der Waals surface area contributed by atoms with Gasteiger partial charge in [-0.05, 0) is 41.5 Å². The topological polar surface area (TPSA) is 87.0 Å². The number of carbonyl (C=O) groups is 1. The van der Waals surface area contributed by atoms with Gasteiger partial charge in [-0.15, -0.1) is 0 Å². The first-order valence-electron chi connectivity index (χ1n) is 6.12. The van der Waals surface area contributed by atoms with Crippen molar-refractivity contribution in [1.82, 2.24) is 0 Å². The molecule has 0 fully saturated rings. The Labute approximate surface area is 121 Å². The number of methoxy groups -OCH3 is 1. The van der Waals surface area contributed by atoms with Crippen molar-refractivity contribution in [3.8, 4) is 17.2 Å². The molecule has 108 valence electrons. The molecular formula is C16H14O5. The van der Waals surface area contributed by atoms with E-state index in [0.29, 0.717) is 11.1 Å². The van der Waals surface area contributed by atoms with Crippen LogP contribution in [-0.2, 0) is 4.79 Å². The summed E-state index contributed by atoms with van der Waals surface area (Å²) in [6.45, 7) is 0. The number of hydrogen-bond acceptors (Lipinski definition) is 4. The van der Waals surface area contributed by atoms with E-state index in [-0.39, 0.29) is 22.8 Å². The maximum Gasteiger partial charge on any atom is 0.336 e. The van der Waals surface area contributed by atoms with E-state index >= 15 is 0 Å². The van der Waals surface area contributed by atoms with Crippen LogP contribution in [0.3, 0.4) is 0 Å². The highest BCUT2D eigenvalue weighted by Crippen LogP contribution is 2.28. The summed E-state index contributed by atoms with van der Waals surface area (Å²) in [4.78, 5) is 11.4. The molecule has 21 heavy (non-hydrogen) atoms. The molecular weight excluding hydrogens is 272 g/mol. The summed E-state index contributed by atoms with van der Waals surface area (Å²) in [6, 6.07) is 10.4. The molecule has 2 aromatic rings. The monoisotopic (exact) mass is 286 g/mol. The zero-order valence-electron chi connectivity index (χ0n) is 11.3. The first-order chi connectivity index (χ1) is 10.0. The standard InChI is InChI=1S/C16H14O5/c1-21-15-9-10(2-7-14(15)18)8-13(16(19)20)11-3-5-12(17)6-4-11/h2-9,17-18H,1H3,(H,19,20)/b13-8+. The molecule has 0 aliphatic heterocycles. The van der Waals surface area contributed by atoms with Crippen LogP contribution in [0.4, 0.5) is 0 Å². The zero-order valence-corrected chi connectivity index (χ0v) is 11.3. The van der Waals surface area contributed by atoms with Crippen LogP contribution in [0.15, 0.2) is 42.5 Å². The number of phenols is 2. The summed E-state index contributed by atoms with van der Waals surface area (Å²) in [5.41, 5.74) is 1.12. The molecule has 0 atom stereocenters. The molecule has 0 aliphatic carbocycles. The number of phenolic OH excluding ortho intramolecular Hbond substituents is 2. The lowest BCUT2D eigenvalue weighted by Gasteiger charge is -2.06. The lowest BCUT2D eigenvalue weighted by molar-refractivity contribution is -0.130. The van der Waals surface area contributed by atoms with Gasteiger partial charge in [0.25, 0.3) is 0 Å². The van der Waals surface area contributed by atoms with Crippen molar-refractivity contribution in [1.29, 1.82) is 0 Å². The van der Waals surface area contributed by atoms with Crippen LogP contribution < -0.4 is 4.74 Å². The van der Waals surface area contributed by atoms with Gasteiger partial charge in [0.1, 0.15) is 5.75 Å². The minimum Gasteiger partial charge on any atom is -0.508 e. The van der Waals surface area contributed by atoms with Gasteiger partial charge >= 0.3 is 5.97 Å². The highest BCUT2D eigenvalue weighted by Gasteiger charge is 2.11. The second kappa shape index (κ2) is 6.00. The Bertz CT molecular complexity index is 686. The number of ether oxygens (including phenoxy) is 1. The number of carboxylic acids is 1. The molecule has 0 saturated carbocycles. The second-order valence-corrected chi connectivity index (χ2v) is 4.34. The second-order valence-electron chi connectivity index (χ2n) is 4.34. The highest BCUT2D eigenvalue weighted by atomic mass is 16.5. The molecule has 5 nitrogen and oxygen atoms in total. The number of benzene rings is 2. The summed E-state index contributed by atoms with van der Waals surface area (Å²) in [6.07, 6.45) is 1.47. The predicted octanol–water partition coefficient (Wildman–Crippen LogP) is 2.73. The molecule has 0 unspecified atom stereocenters. The fourth-order valence-electron chi connectivity index (χ4n) is 1.86. The quantitative estimate of drug-likeness (QED) is 0.594. The predicted molar refractivity (Wildman–Crippen MR) is 78.3 cm³/mol. The fourth-order valence-corrected chi connectivity index (χ4v) is 1.86. The number of rotatable bonds is 4.